The minimum atomic E-state index is -0.0488. The maximum absolute atomic E-state index is 12.5. The molecule has 0 spiro atoms. The van der Waals surface area contributed by atoms with Gasteiger partial charge in [-0.2, -0.15) is 0 Å². The fourth-order valence-corrected chi connectivity index (χ4v) is 4.21. The topological polar surface area (TPSA) is 67.3 Å². The number of likely N-dealkylation sites (tertiary alicyclic amines) is 1. The summed E-state index contributed by atoms with van der Waals surface area (Å²) in [6.07, 6.45) is 2.79. The average molecular weight is 380 g/mol. The largest absolute Gasteiger partial charge is 0.487 e. The number of nitrogens with one attached hydrogen (secondary N) is 1. The van der Waals surface area contributed by atoms with Crippen molar-refractivity contribution in [1.29, 1.82) is 0 Å². The van der Waals surface area contributed by atoms with Gasteiger partial charge in [0, 0.05) is 24.4 Å². The summed E-state index contributed by atoms with van der Waals surface area (Å²) in [6, 6.07) is 8.08. The summed E-state index contributed by atoms with van der Waals surface area (Å²) in [6.45, 7) is 6.40. The van der Waals surface area contributed by atoms with E-state index in [-0.39, 0.29) is 17.9 Å². The molecule has 2 aromatic rings. The Morgan fingerprint density at radius 3 is 2.82 bits per heavy atom. The molecule has 0 radical (unpaired) electrons. The van der Waals surface area contributed by atoms with E-state index >= 15 is 0 Å². The number of aryl methyl sites for hydroxylation is 2. The number of benzene rings is 1. The van der Waals surface area contributed by atoms with Crippen LogP contribution in [0.4, 0.5) is 0 Å². The van der Waals surface area contributed by atoms with Crippen molar-refractivity contribution in [1.82, 2.24) is 20.2 Å². The van der Waals surface area contributed by atoms with Gasteiger partial charge in [-0.15, -0.1) is 0 Å². The molecule has 2 aliphatic rings. The van der Waals surface area contributed by atoms with E-state index in [1.807, 2.05) is 32.0 Å². The fourth-order valence-electron chi connectivity index (χ4n) is 4.21. The average Bonchev–Trinajstić information content (AvgIpc) is 3.08. The van der Waals surface area contributed by atoms with Crippen LogP contribution in [0, 0.1) is 19.8 Å². The molecular weight excluding hydrogens is 352 g/mol. The zero-order valence-electron chi connectivity index (χ0n) is 16.9. The molecule has 1 saturated heterocycles. The third-order valence-electron chi connectivity index (χ3n) is 5.55. The number of fused-ring (bicyclic) bond motifs is 1. The molecule has 0 bridgehead atoms. The molecule has 4 rings (SSSR count). The van der Waals surface area contributed by atoms with Crippen LogP contribution in [-0.2, 0) is 11.2 Å². The first kappa shape index (κ1) is 18.9. The van der Waals surface area contributed by atoms with Crippen LogP contribution in [0.25, 0.3) is 11.4 Å². The van der Waals surface area contributed by atoms with Crippen LogP contribution in [0.5, 0.6) is 5.75 Å². The number of amides is 1. The lowest BCUT2D eigenvalue weighted by atomic mass is 9.97. The molecule has 6 heteroatoms. The van der Waals surface area contributed by atoms with E-state index in [2.05, 4.69) is 33.3 Å². The maximum atomic E-state index is 12.5. The summed E-state index contributed by atoms with van der Waals surface area (Å²) in [5.41, 5.74) is 3.96. The highest BCUT2D eigenvalue weighted by atomic mass is 16.5. The van der Waals surface area contributed by atoms with E-state index in [1.54, 1.807) is 0 Å². The number of para-hydroxylation sites is 1. The van der Waals surface area contributed by atoms with E-state index in [0.717, 1.165) is 60.6 Å². The van der Waals surface area contributed by atoms with E-state index in [1.165, 1.54) is 0 Å². The van der Waals surface area contributed by atoms with Crippen LogP contribution in [0.3, 0.4) is 0 Å². The predicted molar refractivity (Wildman–Crippen MR) is 108 cm³/mol. The molecular formula is C22H28N4O2. The van der Waals surface area contributed by atoms with Gasteiger partial charge in [-0.1, -0.05) is 12.1 Å². The minimum Gasteiger partial charge on any atom is -0.487 e. The van der Waals surface area contributed by atoms with Gasteiger partial charge in [0.25, 0.3) is 0 Å². The van der Waals surface area contributed by atoms with Crippen molar-refractivity contribution in [3.05, 3.63) is 41.2 Å². The summed E-state index contributed by atoms with van der Waals surface area (Å²) in [5.74, 6) is 1.78. The van der Waals surface area contributed by atoms with Gasteiger partial charge in [0.1, 0.15) is 11.9 Å². The molecule has 1 fully saturated rings. The van der Waals surface area contributed by atoms with Crippen LogP contribution in [0.2, 0.25) is 0 Å². The minimum absolute atomic E-state index is 0.0488. The summed E-state index contributed by atoms with van der Waals surface area (Å²) in [4.78, 5) is 23.9. The first-order chi connectivity index (χ1) is 13.5. The van der Waals surface area contributed by atoms with Crippen molar-refractivity contribution >= 4 is 5.91 Å². The van der Waals surface area contributed by atoms with E-state index in [0.29, 0.717) is 12.4 Å². The number of carbonyl (C=O) groups is 1. The molecule has 0 saturated carbocycles. The Balaban J connectivity index is 1.43. The smallest absolute Gasteiger partial charge is 0.224 e. The molecule has 1 aromatic heterocycles. The Morgan fingerprint density at radius 1 is 1.29 bits per heavy atom. The molecule has 0 unspecified atom stereocenters. The van der Waals surface area contributed by atoms with Crippen LogP contribution in [0.15, 0.2) is 24.3 Å². The number of rotatable bonds is 4. The number of hydrogen-bond donors (Lipinski definition) is 1. The van der Waals surface area contributed by atoms with Gasteiger partial charge < -0.3 is 15.0 Å². The van der Waals surface area contributed by atoms with Crippen LogP contribution < -0.4 is 10.1 Å². The SMILES string of the molecule is Cc1cc(C)nc(-c2cccc3c2O[C@H](CNC(=O)[C@H]2CCCN(C)C2)C3)n1. The molecule has 0 aliphatic carbocycles. The predicted octanol–water partition coefficient (Wildman–Crippen LogP) is 2.52. The van der Waals surface area contributed by atoms with Crippen LogP contribution in [-0.4, -0.2) is 53.6 Å². The van der Waals surface area contributed by atoms with Crippen molar-refractivity contribution < 1.29 is 9.53 Å². The van der Waals surface area contributed by atoms with Gasteiger partial charge >= 0.3 is 0 Å². The van der Waals surface area contributed by atoms with Crippen LogP contribution >= 0.6 is 0 Å². The van der Waals surface area contributed by atoms with Gasteiger partial charge in [0.05, 0.1) is 18.0 Å². The Labute approximate surface area is 166 Å². The number of nitrogens with zero attached hydrogens (tertiary/aromatic N) is 3. The molecule has 1 aromatic carbocycles. The van der Waals surface area contributed by atoms with Crippen molar-refractivity contribution in [2.24, 2.45) is 5.92 Å². The summed E-state index contributed by atoms with van der Waals surface area (Å²) < 4.78 is 6.23. The van der Waals surface area contributed by atoms with Crippen molar-refractivity contribution in [2.45, 2.75) is 39.2 Å². The van der Waals surface area contributed by atoms with Crippen molar-refractivity contribution in [3.8, 4) is 17.1 Å². The lowest BCUT2D eigenvalue weighted by Gasteiger charge is -2.29. The Hall–Kier alpha value is -2.47. The molecule has 2 aliphatic heterocycles. The first-order valence-electron chi connectivity index (χ1n) is 10.1. The van der Waals surface area contributed by atoms with Gasteiger partial charge in [0.2, 0.25) is 5.91 Å². The molecule has 1 amide bonds. The Kier molecular flexibility index (Phi) is 5.31. The second kappa shape index (κ2) is 7.87. The second-order valence-corrected chi connectivity index (χ2v) is 8.06. The number of hydrogen-bond acceptors (Lipinski definition) is 5. The second-order valence-electron chi connectivity index (χ2n) is 8.06. The highest BCUT2D eigenvalue weighted by Crippen LogP contribution is 2.37. The first-order valence-corrected chi connectivity index (χ1v) is 10.1. The standard InChI is InChI=1S/C22H28N4O2/c1-14-10-15(2)25-21(24-14)19-8-4-6-16-11-18(28-20(16)19)12-23-22(27)17-7-5-9-26(3)13-17/h4,6,8,10,17-18H,5,7,9,11-13H2,1-3H3,(H,23,27)/t17-,18-/m0/s1. The number of aromatic nitrogens is 2. The van der Waals surface area contributed by atoms with Crippen molar-refractivity contribution in [2.75, 3.05) is 26.7 Å². The fraction of sp³-hybridized carbons (Fsp3) is 0.500. The highest BCUT2D eigenvalue weighted by molar-refractivity contribution is 5.79. The van der Waals surface area contributed by atoms with Crippen molar-refractivity contribution in [3.63, 3.8) is 0 Å². The van der Waals surface area contributed by atoms with Gasteiger partial charge in [-0.25, -0.2) is 9.97 Å². The van der Waals surface area contributed by atoms with E-state index < -0.39 is 0 Å². The molecule has 6 nitrogen and oxygen atoms in total. The third-order valence-corrected chi connectivity index (χ3v) is 5.55. The Bertz CT molecular complexity index is 863. The van der Waals surface area contributed by atoms with Gasteiger partial charge in [-0.05, 0) is 58.0 Å². The lowest BCUT2D eigenvalue weighted by molar-refractivity contribution is -0.126. The quantitative estimate of drug-likeness (QED) is 0.883. The zero-order chi connectivity index (χ0) is 19.7. The molecule has 1 N–H and O–H groups in total. The molecule has 28 heavy (non-hydrogen) atoms. The molecule has 148 valence electrons. The van der Waals surface area contributed by atoms with E-state index in [9.17, 15) is 4.79 Å². The van der Waals surface area contributed by atoms with Gasteiger partial charge in [0.15, 0.2) is 5.82 Å². The number of carbonyl (C=O) groups excluding carboxylic acids is 1. The zero-order valence-corrected chi connectivity index (χ0v) is 16.9. The summed E-state index contributed by atoms with van der Waals surface area (Å²) >= 11 is 0. The normalized spacial score (nSPS) is 21.8. The lowest BCUT2D eigenvalue weighted by Crippen LogP contribution is -2.44. The third kappa shape index (κ3) is 4.02. The molecule has 2 atom stereocenters. The maximum Gasteiger partial charge on any atom is 0.224 e. The monoisotopic (exact) mass is 380 g/mol. The van der Waals surface area contributed by atoms with E-state index in [4.69, 9.17) is 4.74 Å². The highest BCUT2D eigenvalue weighted by Gasteiger charge is 2.29. The summed E-state index contributed by atoms with van der Waals surface area (Å²) in [7, 11) is 2.08. The van der Waals surface area contributed by atoms with Gasteiger partial charge in [-0.3, -0.25) is 4.79 Å². The summed E-state index contributed by atoms with van der Waals surface area (Å²) in [5, 5.41) is 3.11. The molecule has 3 heterocycles. The van der Waals surface area contributed by atoms with Crippen LogP contribution in [0.1, 0.15) is 29.8 Å². The number of piperidine rings is 1. The number of ether oxygens (including phenoxy) is 1. The Morgan fingerprint density at radius 2 is 2.07 bits per heavy atom.